The monoisotopic (exact) mass is 275 g/mol. The smallest absolute Gasteiger partial charge is 0.103 e. The number of hydrogen-bond donors (Lipinski definition) is 1. The number of rotatable bonds is 5. The maximum atomic E-state index is 6.10. The molecule has 1 heterocycles. The quantitative estimate of drug-likeness (QED) is 0.852. The van der Waals surface area contributed by atoms with Crippen molar-refractivity contribution >= 4 is 11.8 Å². The lowest BCUT2D eigenvalue weighted by molar-refractivity contribution is 0.637. The summed E-state index contributed by atoms with van der Waals surface area (Å²) < 4.78 is 2.03. The van der Waals surface area contributed by atoms with E-state index in [0.29, 0.717) is 0 Å². The van der Waals surface area contributed by atoms with Crippen molar-refractivity contribution in [2.24, 2.45) is 5.73 Å². The Bertz CT molecular complexity index is 534. The molecule has 1 aromatic heterocycles. The van der Waals surface area contributed by atoms with Gasteiger partial charge in [-0.1, -0.05) is 25.1 Å². The van der Waals surface area contributed by atoms with E-state index in [9.17, 15) is 0 Å². The fraction of sp³-hybridized carbons (Fsp3) is 0.400. The molecular weight excluding hydrogens is 254 g/mol. The summed E-state index contributed by atoms with van der Waals surface area (Å²) >= 11 is 1.74. The van der Waals surface area contributed by atoms with E-state index < -0.39 is 0 Å². The highest BCUT2D eigenvalue weighted by atomic mass is 32.2. The third-order valence-electron chi connectivity index (χ3n) is 3.32. The summed E-state index contributed by atoms with van der Waals surface area (Å²) in [4.78, 5) is 0. The molecule has 2 N–H and O–H groups in total. The molecule has 0 saturated heterocycles. The average Bonchev–Trinajstić information content (AvgIpc) is 2.76. The molecule has 0 aliphatic rings. The zero-order valence-corrected chi connectivity index (χ0v) is 12.6. The summed E-state index contributed by atoms with van der Waals surface area (Å²) in [7, 11) is 0. The molecule has 0 radical (unpaired) electrons. The Hall–Kier alpha value is -1.26. The van der Waals surface area contributed by atoms with Gasteiger partial charge in [-0.05, 0) is 38.2 Å². The maximum Gasteiger partial charge on any atom is 0.103 e. The van der Waals surface area contributed by atoms with Gasteiger partial charge in [0.15, 0.2) is 0 Å². The van der Waals surface area contributed by atoms with Gasteiger partial charge in [0.1, 0.15) is 5.03 Å². The summed E-state index contributed by atoms with van der Waals surface area (Å²) in [5.41, 5.74) is 9.57. The van der Waals surface area contributed by atoms with Crippen molar-refractivity contribution in [2.45, 2.75) is 37.8 Å². The van der Waals surface area contributed by atoms with E-state index in [1.54, 1.807) is 11.8 Å². The number of aryl methyl sites for hydroxylation is 1. The maximum absolute atomic E-state index is 6.10. The first-order chi connectivity index (χ1) is 9.17. The largest absolute Gasteiger partial charge is 0.327 e. The van der Waals surface area contributed by atoms with Gasteiger partial charge < -0.3 is 5.73 Å². The minimum Gasteiger partial charge on any atom is -0.327 e. The number of nitrogens with two attached hydrogens (primary N) is 1. The second kappa shape index (κ2) is 6.26. The molecule has 3 nitrogen and oxygen atoms in total. The molecule has 0 fully saturated rings. The van der Waals surface area contributed by atoms with Gasteiger partial charge >= 0.3 is 0 Å². The van der Waals surface area contributed by atoms with Crippen molar-refractivity contribution in [3.63, 3.8) is 0 Å². The Balaban J connectivity index is 2.44. The van der Waals surface area contributed by atoms with Gasteiger partial charge in [0, 0.05) is 11.6 Å². The molecule has 19 heavy (non-hydrogen) atoms. The van der Waals surface area contributed by atoms with Crippen LogP contribution in [0.15, 0.2) is 35.4 Å². The van der Waals surface area contributed by atoms with E-state index >= 15 is 0 Å². The fourth-order valence-electron chi connectivity index (χ4n) is 2.13. The van der Waals surface area contributed by atoms with E-state index in [2.05, 4.69) is 37.3 Å². The molecule has 0 aliphatic heterocycles. The molecule has 0 spiro atoms. The molecule has 1 unspecified atom stereocenters. The number of hydrogen-bond acceptors (Lipinski definition) is 3. The van der Waals surface area contributed by atoms with Crippen LogP contribution in [0.25, 0.3) is 5.69 Å². The first-order valence-electron chi connectivity index (χ1n) is 6.60. The molecule has 0 amide bonds. The molecule has 0 saturated carbocycles. The van der Waals surface area contributed by atoms with Crippen LogP contribution in [0.2, 0.25) is 0 Å². The highest BCUT2D eigenvalue weighted by molar-refractivity contribution is 7.98. The predicted octanol–water partition coefficient (Wildman–Crippen LogP) is 3.18. The number of para-hydroxylation sites is 1. The Morgan fingerprint density at radius 1 is 1.32 bits per heavy atom. The number of nitrogens with zero attached hydrogens (tertiary/aromatic N) is 2. The molecule has 1 atom stereocenters. The Labute approximate surface area is 119 Å². The minimum absolute atomic E-state index is 0.207. The molecule has 102 valence electrons. The second-order valence-corrected chi connectivity index (χ2v) is 5.49. The number of benzene rings is 1. The van der Waals surface area contributed by atoms with Gasteiger partial charge in [-0.15, -0.1) is 11.8 Å². The van der Waals surface area contributed by atoms with E-state index in [1.165, 1.54) is 10.6 Å². The number of aromatic nitrogens is 2. The Morgan fingerprint density at radius 2 is 2.00 bits per heavy atom. The van der Waals surface area contributed by atoms with Crippen molar-refractivity contribution in [2.75, 3.05) is 6.26 Å². The Morgan fingerprint density at radius 3 is 2.58 bits per heavy atom. The predicted molar refractivity (Wildman–Crippen MR) is 82.1 cm³/mol. The van der Waals surface area contributed by atoms with Crippen LogP contribution in [-0.2, 0) is 6.42 Å². The fourth-order valence-corrected chi connectivity index (χ4v) is 2.93. The lowest BCUT2D eigenvalue weighted by Crippen LogP contribution is -2.21. The zero-order valence-electron chi connectivity index (χ0n) is 11.8. The van der Waals surface area contributed by atoms with E-state index in [4.69, 9.17) is 5.73 Å². The van der Waals surface area contributed by atoms with Crippen molar-refractivity contribution in [3.8, 4) is 5.69 Å². The number of thioether (sulfide) groups is 1. The Kier molecular flexibility index (Phi) is 4.66. The van der Waals surface area contributed by atoms with Gasteiger partial charge in [0.25, 0.3) is 0 Å². The molecule has 4 heteroatoms. The molecular formula is C15H21N3S. The van der Waals surface area contributed by atoms with Gasteiger partial charge in [-0.25, -0.2) is 4.68 Å². The van der Waals surface area contributed by atoms with Crippen LogP contribution in [-0.4, -0.2) is 22.1 Å². The summed E-state index contributed by atoms with van der Waals surface area (Å²) in [6.45, 7) is 4.19. The SMILES string of the molecule is CCC(N)Cc1c(C)nn(-c2ccccc2)c1SC. The summed E-state index contributed by atoms with van der Waals surface area (Å²) in [6, 6.07) is 10.5. The van der Waals surface area contributed by atoms with Crippen LogP contribution >= 0.6 is 11.8 Å². The molecule has 2 aromatic rings. The molecule has 0 bridgehead atoms. The minimum atomic E-state index is 0.207. The highest BCUT2D eigenvalue weighted by Crippen LogP contribution is 2.27. The third-order valence-corrected chi connectivity index (χ3v) is 4.13. The molecule has 1 aromatic carbocycles. The summed E-state index contributed by atoms with van der Waals surface area (Å²) in [5, 5.41) is 5.88. The molecule has 2 rings (SSSR count). The normalized spacial score (nSPS) is 12.6. The topological polar surface area (TPSA) is 43.8 Å². The van der Waals surface area contributed by atoms with Gasteiger partial charge in [-0.3, -0.25) is 0 Å². The van der Waals surface area contributed by atoms with Crippen LogP contribution in [0.4, 0.5) is 0 Å². The van der Waals surface area contributed by atoms with Gasteiger partial charge in [0.2, 0.25) is 0 Å². The standard InChI is InChI=1S/C15H21N3S/c1-4-12(16)10-14-11(2)17-18(15(14)19-3)13-8-6-5-7-9-13/h5-9,12H,4,10,16H2,1-3H3. The molecule has 0 aliphatic carbocycles. The van der Waals surface area contributed by atoms with Crippen molar-refractivity contribution in [1.29, 1.82) is 0 Å². The lowest BCUT2D eigenvalue weighted by atomic mass is 10.1. The van der Waals surface area contributed by atoms with Crippen molar-refractivity contribution < 1.29 is 0 Å². The van der Waals surface area contributed by atoms with Crippen LogP contribution in [0.5, 0.6) is 0 Å². The highest BCUT2D eigenvalue weighted by Gasteiger charge is 2.17. The van der Waals surface area contributed by atoms with Gasteiger partial charge in [0.05, 0.1) is 11.4 Å². The van der Waals surface area contributed by atoms with E-state index in [0.717, 1.165) is 24.2 Å². The van der Waals surface area contributed by atoms with E-state index in [-0.39, 0.29) is 6.04 Å². The van der Waals surface area contributed by atoms with Crippen molar-refractivity contribution in [3.05, 3.63) is 41.6 Å². The summed E-state index contributed by atoms with van der Waals surface area (Å²) in [6.07, 6.45) is 3.98. The van der Waals surface area contributed by atoms with Crippen LogP contribution in [0.3, 0.4) is 0 Å². The van der Waals surface area contributed by atoms with Crippen LogP contribution < -0.4 is 5.73 Å². The van der Waals surface area contributed by atoms with E-state index in [1.807, 2.05) is 22.9 Å². The average molecular weight is 275 g/mol. The van der Waals surface area contributed by atoms with Gasteiger partial charge in [-0.2, -0.15) is 5.10 Å². The first kappa shape index (κ1) is 14.2. The van der Waals surface area contributed by atoms with Crippen molar-refractivity contribution in [1.82, 2.24) is 9.78 Å². The zero-order chi connectivity index (χ0) is 13.8. The third kappa shape index (κ3) is 3.01. The first-order valence-corrected chi connectivity index (χ1v) is 7.83. The van der Waals surface area contributed by atoms with Crippen LogP contribution in [0.1, 0.15) is 24.6 Å². The lowest BCUT2D eigenvalue weighted by Gasteiger charge is -2.10. The summed E-state index contributed by atoms with van der Waals surface area (Å²) in [5.74, 6) is 0. The van der Waals surface area contributed by atoms with Crippen LogP contribution in [0, 0.1) is 6.92 Å². The second-order valence-electron chi connectivity index (χ2n) is 4.69.